The Morgan fingerprint density at radius 1 is 1.47 bits per heavy atom. The molecule has 1 aliphatic heterocycles. The third-order valence-corrected chi connectivity index (χ3v) is 2.46. The summed E-state index contributed by atoms with van der Waals surface area (Å²) in [6, 6.07) is 0. The van der Waals surface area contributed by atoms with Gasteiger partial charge in [-0.05, 0) is 13.8 Å². The lowest BCUT2D eigenvalue weighted by Crippen LogP contribution is -2.29. The van der Waals surface area contributed by atoms with Gasteiger partial charge in [0.25, 0.3) is 0 Å². The molecule has 0 bridgehead atoms. The van der Waals surface area contributed by atoms with Crippen LogP contribution in [0.1, 0.15) is 13.8 Å². The van der Waals surface area contributed by atoms with Crippen molar-refractivity contribution < 1.29 is 23.8 Å². The van der Waals surface area contributed by atoms with Crippen LogP contribution in [0.2, 0.25) is 0 Å². The van der Waals surface area contributed by atoms with Gasteiger partial charge >= 0.3 is 11.9 Å². The van der Waals surface area contributed by atoms with Gasteiger partial charge in [0, 0.05) is 5.57 Å². The third-order valence-electron chi connectivity index (χ3n) is 2.46. The van der Waals surface area contributed by atoms with E-state index in [1.165, 1.54) is 7.11 Å². The van der Waals surface area contributed by atoms with Gasteiger partial charge in [0.1, 0.15) is 6.61 Å². The van der Waals surface area contributed by atoms with Gasteiger partial charge < -0.3 is 14.2 Å². The number of methoxy groups -OCH3 is 1. The standard InChI is InChI=1S/C12H16O5/c1-5-9(11(14)15-4)12(7-17-12)6-16-10(13)8(2)3/h5H,2,6-7H2,1,3-4H3/b9-5-. The second-order valence-electron chi connectivity index (χ2n) is 3.83. The zero-order chi connectivity index (χ0) is 13.1. The van der Waals surface area contributed by atoms with Crippen molar-refractivity contribution in [1.82, 2.24) is 0 Å². The molecule has 1 rings (SSSR count). The van der Waals surface area contributed by atoms with Gasteiger partial charge in [-0.1, -0.05) is 12.7 Å². The minimum Gasteiger partial charge on any atom is -0.466 e. The summed E-state index contributed by atoms with van der Waals surface area (Å²) in [5, 5.41) is 0. The number of hydrogen-bond donors (Lipinski definition) is 0. The van der Waals surface area contributed by atoms with Crippen LogP contribution in [0.3, 0.4) is 0 Å². The molecule has 94 valence electrons. The molecule has 1 unspecified atom stereocenters. The highest BCUT2D eigenvalue weighted by molar-refractivity contribution is 5.91. The predicted octanol–water partition coefficient (Wildman–Crippen LogP) is 0.994. The van der Waals surface area contributed by atoms with Crippen LogP contribution in [0.4, 0.5) is 0 Å². The second kappa shape index (κ2) is 5.14. The average Bonchev–Trinajstić information content (AvgIpc) is 3.07. The van der Waals surface area contributed by atoms with E-state index in [1.807, 2.05) is 0 Å². The summed E-state index contributed by atoms with van der Waals surface area (Å²) in [5.74, 6) is -0.975. The van der Waals surface area contributed by atoms with E-state index in [2.05, 4.69) is 11.3 Å². The van der Waals surface area contributed by atoms with Gasteiger partial charge in [0.15, 0.2) is 5.60 Å². The van der Waals surface area contributed by atoms with E-state index >= 15 is 0 Å². The van der Waals surface area contributed by atoms with Gasteiger partial charge in [0.05, 0.1) is 19.3 Å². The Labute approximate surface area is 100 Å². The van der Waals surface area contributed by atoms with Crippen LogP contribution in [0.15, 0.2) is 23.8 Å². The molecule has 0 N–H and O–H groups in total. The highest BCUT2D eigenvalue weighted by Gasteiger charge is 2.52. The number of carbonyl (C=O) groups excluding carboxylic acids is 2. The van der Waals surface area contributed by atoms with Crippen LogP contribution < -0.4 is 0 Å². The van der Waals surface area contributed by atoms with E-state index in [9.17, 15) is 9.59 Å². The Morgan fingerprint density at radius 2 is 2.06 bits per heavy atom. The SMILES string of the molecule is C=C(C)C(=O)OCC1(/C(=C\C)C(=O)OC)CO1. The van der Waals surface area contributed by atoms with Gasteiger partial charge in [0.2, 0.25) is 0 Å². The van der Waals surface area contributed by atoms with Crippen LogP contribution >= 0.6 is 0 Å². The molecule has 0 aliphatic carbocycles. The summed E-state index contributed by atoms with van der Waals surface area (Å²) in [4.78, 5) is 22.7. The quantitative estimate of drug-likeness (QED) is 0.407. The number of esters is 2. The lowest BCUT2D eigenvalue weighted by molar-refractivity contribution is -0.142. The van der Waals surface area contributed by atoms with Crippen molar-refractivity contribution in [2.24, 2.45) is 0 Å². The summed E-state index contributed by atoms with van der Waals surface area (Å²) in [6.45, 7) is 7.06. The highest BCUT2D eigenvalue weighted by atomic mass is 16.6. The number of carbonyl (C=O) groups is 2. The monoisotopic (exact) mass is 240 g/mol. The summed E-state index contributed by atoms with van der Waals surface area (Å²) in [6.07, 6.45) is 1.60. The molecule has 5 heteroatoms. The van der Waals surface area contributed by atoms with Crippen molar-refractivity contribution in [3.05, 3.63) is 23.8 Å². The number of epoxide rings is 1. The van der Waals surface area contributed by atoms with E-state index in [4.69, 9.17) is 9.47 Å². The van der Waals surface area contributed by atoms with Gasteiger partial charge in [-0.15, -0.1) is 0 Å². The summed E-state index contributed by atoms with van der Waals surface area (Å²) in [7, 11) is 1.29. The first-order chi connectivity index (χ1) is 7.96. The first kappa shape index (κ1) is 13.4. The van der Waals surface area contributed by atoms with E-state index in [1.54, 1.807) is 19.9 Å². The van der Waals surface area contributed by atoms with Crippen molar-refractivity contribution in [3.8, 4) is 0 Å². The molecule has 0 amide bonds. The fourth-order valence-electron chi connectivity index (χ4n) is 1.39. The molecule has 1 aliphatic rings. The number of ether oxygens (including phenoxy) is 3. The molecule has 1 heterocycles. The zero-order valence-corrected chi connectivity index (χ0v) is 10.2. The largest absolute Gasteiger partial charge is 0.466 e. The van der Waals surface area contributed by atoms with Gasteiger partial charge in [-0.2, -0.15) is 0 Å². The first-order valence-corrected chi connectivity index (χ1v) is 5.18. The van der Waals surface area contributed by atoms with Crippen LogP contribution in [-0.2, 0) is 23.8 Å². The van der Waals surface area contributed by atoms with Crippen molar-refractivity contribution in [2.75, 3.05) is 20.3 Å². The molecule has 0 aromatic carbocycles. The minimum atomic E-state index is -0.840. The Morgan fingerprint density at radius 3 is 2.41 bits per heavy atom. The molecule has 0 saturated carbocycles. The van der Waals surface area contributed by atoms with Crippen LogP contribution in [0.5, 0.6) is 0 Å². The van der Waals surface area contributed by atoms with Crippen molar-refractivity contribution >= 4 is 11.9 Å². The van der Waals surface area contributed by atoms with Crippen LogP contribution in [-0.4, -0.2) is 37.9 Å². The highest BCUT2D eigenvalue weighted by Crippen LogP contribution is 2.36. The molecule has 1 saturated heterocycles. The molecule has 5 nitrogen and oxygen atoms in total. The van der Waals surface area contributed by atoms with E-state index in [0.29, 0.717) is 17.8 Å². The molecule has 17 heavy (non-hydrogen) atoms. The molecular formula is C12H16O5. The number of allylic oxidation sites excluding steroid dienone is 1. The maximum Gasteiger partial charge on any atom is 0.336 e. The second-order valence-corrected chi connectivity index (χ2v) is 3.83. The molecule has 0 aromatic heterocycles. The zero-order valence-electron chi connectivity index (χ0n) is 10.2. The fraction of sp³-hybridized carbons (Fsp3) is 0.500. The topological polar surface area (TPSA) is 65.1 Å². The molecule has 1 fully saturated rings. The molecule has 0 spiro atoms. The maximum atomic E-state index is 11.5. The molecule has 0 radical (unpaired) electrons. The average molecular weight is 240 g/mol. The number of rotatable bonds is 5. The van der Waals surface area contributed by atoms with Gasteiger partial charge in [-0.3, -0.25) is 0 Å². The number of hydrogen-bond acceptors (Lipinski definition) is 5. The van der Waals surface area contributed by atoms with Crippen LogP contribution in [0, 0.1) is 0 Å². The maximum absolute atomic E-state index is 11.5. The lowest BCUT2D eigenvalue weighted by Gasteiger charge is -2.14. The van der Waals surface area contributed by atoms with Crippen LogP contribution in [0.25, 0.3) is 0 Å². The molecular weight excluding hydrogens is 224 g/mol. The van der Waals surface area contributed by atoms with Crippen molar-refractivity contribution in [2.45, 2.75) is 19.4 Å². The van der Waals surface area contributed by atoms with Crippen molar-refractivity contribution in [1.29, 1.82) is 0 Å². The molecule has 1 atom stereocenters. The summed E-state index contributed by atoms with van der Waals surface area (Å²) < 4.78 is 14.9. The minimum absolute atomic E-state index is 0.00648. The Bertz CT molecular complexity index is 376. The summed E-state index contributed by atoms with van der Waals surface area (Å²) in [5.41, 5.74) is -0.164. The van der Waals surface area contributed by atoms with E-state index < -0.39 is 17.5 Å². The normalized spacial score (nSPS) is 22.9. The Hall–Kier alpha value is -1.62. The summed E-state index contributed by atoms with van der Waals surface area (Å²) >= 11 is 0. The third kappa shape index (κ3) is 2.94. The molecule has 0 aromatic rings. The Kier molecular flexibility index (Phi) is 4.07. The predicted molar refractivity (Wildman–Crippen MR) is 60.2 cm³/mol. The lowest BCUT2D eigenvalue weighted by atomic mass is 10.0. The van der Waals surface area contributed by atoms with Gasteiger partial charge in [-0.25, -0.2) is 9.59 Å². The van der Waals surface area contributed by atoms with Crippen molar-refractivity contribution in [3.63, 3.8) is 0 Å². The smallest absolute Gasteiger partial charge is 0.336 e. The Balaban J connectivity index is 2.66. The van der Waals surface area contributed by atoms with E-state index in [-0.39, 0.29) is 6.61 Å². The first-order valence-electron chi connectivity index (χ1n) is 5.18. The fourth-order valence-corrected chi connectivity index (χ4v) is 1.39. The van der Waals surface area contributed by atoms with E-state index in [0.717, 1.165) is 0 Å².